The van der Waals surface area contributed by atoms with Gasteiger partial charge in [-0.05, 0) is 48.8 Å². The number of aliphatic hydroxyl groups is 1. The number of aromatic nitrogens is 1. The van der Waals surface area contributed by atoms with E-state index in [1.807, 2.05) is 12.3 Å². The van der Waals surface area contributed by atoms with Crippen LogP contribution in [0.5, 0.6) is 0 Å². The Morgan fingerprint density at radius 2 is 1.88 bits per heavy atom. The molecular weight excluding hydrogens is 348 g/mol. The molecule has 0 amide bonds. The molecule has 2 aliphatic heterocycles. The zero-order valence-corrected chi connectivity index (χ0v) is 15.7. The second kappa shape index (κ2) is 7.95. The summed E-state index contributed by atoms with van der Waals surface area (Å²) in [5.41, 5.74) is 4.65. The molecule has 2 aromatic rings. The Hall–Kier alpha value is -1.62. The maximum Gasteiger partial charge on any atom is 0.131 e. The molecule has 1 N–H and O–H groups in total. The zero-order chi connectivity index (χ0) is 17.9. The van der Waals surface area contributed by atoms with Crippen LogP contribution in [-0.4, -0.2) is 42.5 Å². The third-order valence-corrected chi connectivity index (χ3v) is 5.71. The number of anilines is 1. The lowest BCUT2D eigenvalue weighted by Crippen LogP contribution is -2.38. The lowest BCUT2D eigenvalue weighted by atomic mass is 9.90. The number of rotatable bonds is 3. The number of aliphatic hydroxyl groups excluding tert-OH is 1. The van der Waals surface area contributed by atoms with Crippen LogP contribution in [0.2, 0.25) is 5.15 Å². The number of pyridine rings is 1. The van der Waals surface area contributed by atoms with Crippen LogP contribution in [0.4, 0.5) is 5.69 Å². The van der Waals surface area contributed by atoms with Gasteiger partial charge in [-0.3, -0.25) is 0 Å². The first-order valence-electron chi connectivity index (χ1n) is 9.47. The van der Waals surface area contributed by atoms with Crippen LogP contribution in [-0.2, 0) is 4.74 Å². The lowest BCUT2D eigenvalue weighted by Gasteiger charge is -2.33. The molecule has 1 aromatic heterocycles. The van der Waals surface area contributed by atoms with Gasteiger partial charge < -0.3 is 14.7 Å². The summed E-state index contributed by atoms with van der Waals surface area (Å²) in [6.45, 7) is 3.29. The normalized spacial score (nSPS) is 21.8. The Bertz CT molecular complexity index is 744. The smallest absolute Gasteiger partial charge is 0.131 e. The van der Waals surface area contributed by atoms with Gasteiger partial charge in [0.1, 0.15) is 5.15 Å². The summed E-state index contributed by atoms with van der Waals surface area (Å²) in [6, 6.07) is 10.7. The second-order valence-corrected chi connectivity index (χ2v) is 7.66. The fourth-order valence-corrected chi connectivity index (χ4v) is 4.20. The number of halogens is 1. The molecule has 138 valence electrons. The van der Waals surface area contributed by atoms with E-state index in [9.17, 15) is 5.11 Å². The molecule has 5 heteroatoms. The largest absolute Gasteiger partial charge is 0.391 e. The van der Waals surface area contributed by atoms with Gasteiger partial charge in [0.2, 0.25) is 0 Å². The molecule has 3 heterocycles. The fraction of sp³-hybridized carbons (Fsp3) is 0.476. The standard InChI is InChI=1S/C21H25ClN2O2/c22-21-12-20(24-9-1-2-18(25)14-24)19(13-23-21)17-5-3-15(4-6-17)16-7-10-26-11-8-16/h3-6,12-13,16,18,25H,1-2,7-11,14H2/t18-/m0/s1. The highest BCUT2D eigenvalue weighted by molar-refractivity contribution is 6.29. The van der Waals surface area contributed by atoms with Crippen molar-refractivity contribution in [1.29, 1.82) is 0 Å². The zero-order valence-electron chi connectivity index (χ0n) is 14.9. The molecule has 0 unspecified atom stereocenters. The van der Waals surface area contributed by atoms with Crippen LogP contribution >= 0.6 is 11.6 Å². The van der Waals surface area contributed by atoms with Crippen molar-refractivity contribution in [3.05, 3.63) is 47.2 Å². The minimum Gasteiger partial charge on any atom is -0.391 e. The maximum absolute atomic E-state index is 10.1. The van der Waals surface area contributed by atoms with Gasteiger partial charge in [-0.15, -0.1) is 0 Å². The summed E-state index contributed by atoms with van der Waals surface area (Å²) in [4.78, 5) is 6.53. The average molecular weight is 373 g/mol. The first-order chi connectivity index (χ1) is 12.7. The van der Waals surface area contributed by atoms with E-state index in [1.165, 1.54) is 5.56 Å². The van der Waals surface area contributed by atoms with Crippen molar-refractivity contribution in [2.75, 3.05) is 31.2 Å². The van der Waals surface area contributed by atoms with Crippen LogP contribution in [0.3, 0.4) is 0 Å². The molecule has 1 aromatic carbocycles. The molecule has 0 bridgehead atoms. The van der Waals surface area contributed by atoms with E-state index in [0.29, 0.717) is 17.6 Å². The van der Waals surface area contributed by atoms with Gasteiger partial charge in [0.15, 0.2) is 0 Å². The highest BCUT2D eigenvalue weighted by atomic mass is 35.5. The monoisotopic (exact) mass is 372 g/mol. The lowest BCUT2D eigenvalue weighted by molar-refractivity contribution is 0.0853. The summed E-state index contributed by atoms with van der Waals surface area (Å²) in [7, 11) is 0. The van der Waals surface area contributed by atoms with Gasteiger partial charge in [0.05, 0.1) is 6.10 Å². The first-order valence-corrected chi connectivity index (χ1v) is 9.85. The number of hydrogen-bond acceptors (Lipinski definition) is 4. The Balaban J connectivity index is 1.62. The molecular formula is C21H25ClN2O2. The quantitative estimate of drug-likeness (QED) is 0.818. The minimum absolute atomic E-state index is 0.278. The highest BCUT2D eigenvalue weighted by Gasteiger charge is 2.22. The fourth-order valence-electron chi connectivity index (χ4n) is 4.04. The van der Waals surface area contributed by atoms with Crippen LogP contribution in [0, 0.1) is 0 Å². The van der Waals surface area contributed by atoms with Crippen LogP contribution in [0.25, 0.3) is 11.1 Å². The topological polar surface area (TPSA) is 45.6 Å². The molecule has 1 atom stereocenters. The number of benzene rings is 1. The van der Waals surface area contributed by atoms with Crippen molar-refractivity contribution >= 4 is 17.3 Å². The molecule has 2 aliphatic rings. The third kappa shape index (κ3) is 3.88. The number of piperidine rings is 1. The van der Waals surface area contributed by atoms with Gasteiger partial charge in [-0.2, -0.15) is 0 Å². The summed E-state index contributed by atoms with van der Waals surface area (Å²) in [5.74, 6) is 0.595. The molecule has 0 saturated carbocycles. The van der Waals surface area contributed by atoms with Crippen LogP contribution in [0.15, 0.2) is 36.5 Å². The Morgan fingerprint density at radius 1 is 1.12 bits per heavy atom. The molecule has 4 rings (SSSR count). The summed E-state index contributed by atoms with van der Waals surface area (Å²) < 4.78 is 5.47. The SMILES string of the molecule is O[C@H]1CCCN(c2cc(Cl)ncc2-c2ccc(C3CCOCC3)cc2)C1. The predicted octanol–water partition coefficient (Wildman–Crippen LogP) is 4.26. The molecule has 2 saturated heterocycles. The van der Waals surface area contributed by atoms with Gasteiger partial charge in [0, 0.05) is 43.8 Å². The molecule has 0 aliphatic carbocycles. The minimum atomic E-state index is -0.278. The number of β-amino-alcohol motifs (C(OH)–C–C–N with tert-alkyl or cyclic N) is 1. The van der Waals surface area contributed by atoms with Crippen molar-refractivity contribution in [2.24, 2.45) is 0 Å². The summed E-state index contributed by atoms with van der Waals surface area (Å²) >= 11 is 6.17. The number of nitrogens with zero attached hydrogens (tertiary/aromatic N) is 2. The number of hydrogen-bond donors (Lipinski definition) is 1. The van der Waals surface area contributed by atoms with E-state index in [0.717, 1.165) is 62.3 Å². The van der Waals surface area contributed by atoms with E-state index < -0.39 is 0 Å². The summed E-state index contributed by atoms with van der Waals surface area (Å²) in [6.07, 6.45) is 5.62. The van der Waals surface area contributed by atoms with Gasteiger partial charge in [-0.1, -0.05) is 35.9 Å². The molecule has 4 nitrogen and oxygen atoms in total. The van der Waals surface area contributed by atoms with Crippen LogP contribution in [0.1, 0.15) is 37.2 Å². The molecule has 2 fully saturated rings. The maximum atomic E-state index is 10.1. The van der Waals surface area contributed by atoms with Crippen molar-refractivity contribution in [1.82, 2.24) is 4.98 Å². The first kappa shape index (κ1) is 17.8. The van der Waals surface area contributed by atoms with Crippen LogP contribution < -0.4 is 4.90 Å². The average Bonchev–Trinajstić information content (AvgIpc) is 2.69. The Morgan fingerprint density at radius 3 is 2.62 bits per heavy atom. The van der Waals surface area contributed by atoms with Crippen molar-refractivity contribution in [2.45, 2.75) is 37.7 Å². The van der Waals surface area contributed by atoms with E-state index >= 15 is 0 Å². The van der Waals surface area contributed by atoms with E-state index in [-0.39, 0.29) is 6.10 Å². The van der Waals surface area contributed by atoms with Crippen molar-refractivity contribution in [3.8, 4) is 11.1 Å². The molecule has 0 radical (unpaired) electrons. The van der Waals surface area contributed by atoms with Gasteiger partial charge >= 0.3 is 0 Å². The Labute approximate surface area is 159 Å². The van der Waals surface area contributed by atoms with Gasteiger partial charge in [-0.25, -0.2) is 4.98 Å². The number of ether oxygens (including phenoxy) is 1. The Kier molecular flexibility index (Phi) is 5.44. The second-order valence-electron chi connectivity index (χ2n) is 7.27. The third-order valence-electron chi connectivity index (χ3n) is 5.50. The van der Waals surface area contributed by atoms with Crippen molar-refractivity contribution in [3.63, 3.8) is 0 Å². The predicted molar refractivity (Wildman–Crippen MR) is 105 cm³/mol. The van der Waals surface area contributed by atoms with E-state index in [4.69, 9.17) is 16.3 Å². The van der Waals surface area contributed by atoms with E-state index in [2.05, 4.69) is 34.1 Å². The van der Waals surface area contributed by atoms with E-state index in [1.54, 1.807) is 0 Å². The molecule has 26 heavy (non-hydrogen) atoms. The van der Waals surface area contributed by atoms with Gasteiger partial charge in [0.25, 0.3) is 0 Å². The van der Waals surface area contributed by atoms with Crippen molar-refractivity contribution < 1.29 is 9.84 Å². The summed E-state index contributed by atoms with van der Waals surface area (Å²) in [5, 5.41) is 10.5. The molecule has 0 spiro atoms. The highest BCUT2D eigenvalue weighted by Crippen LogP contribution is 2.35.